The number of esters is 1. The third kappa shape index (κ3) is 3.83. The van der Waals surface area contributed by atoms with E-state index in [1.165, 1.54) is 12.3 Å². The molecule has 0 amide bonds. The van der Waals surface area contributed by atoms with E-state index in [2.05, 4.69) is 4.98 Å². The van der Waals surface area contributed by atoms with Crippen LogP contribution >= 0.6 is 11.6 Å². The van der Waals surface area contributed by atoms with E-state index in [1.54, 1.807) is 13.8 Å². The molecule has 1 fully saturated rings. The molecule has 0 radical (unpaired) electrons. The van der Waals surface area contributed by atoms with Crippen molar-refractivity contribution < 1.29 is 23.8 Å². The largest absolute Gasteiger partial charge is 0.461 e. The summed E-state index contributed by atoms with van der Waals surface area (Å²) in [5, 5.41) is 10.3. The summed E-state index contributed by atoms with van der Waals surface area (Å²) in [6, 6.07) is 0.397. The lowest BCUT2D eigenvalue weighted by atomic mass is 9.98. The lowest BCUT2D eigenvalue weighted by Gasteiger charge is -2.29. The van der Waals surface area contributed by atoms with E-state index in [4.69, 9.17) is 32.5 Å². The highest BCUT2D eigenvalue weighted by molar-refractivity contribution is 6.18. The van der Waals surface area contributed by atoms with Crippen LogP contribution < -0.4 is 17.2 Å². The first kappa shape index (κ1) is 20.6. The fraction of sp³-hybridized carbons (Fsp3) is 0.667. The van der Waals surface area contributed by atoms with Gasteiger partial charge in [0.1, 0.15) is 30.2 Å². The Hall–Kier alpha value is -1.75. The number of carbonyl (C=O) groups is 1. The van der Waals surface area contributed by atoms with Gasteiger partial charge in [-0.15, -0.1) is 11.6 Å². The van der Waals surface area contributed by atoms with Crippen LogP contribution in [0.25, 0.3) is 0 Å². The Morgan fingerprint density at radius 1 is 1.62 bits per heavy atom. The second kappa shape index (κ2) is 7.87. The molecule has 1 saturated heterocycles. The van der Waals surface area contributed by atoms with Crippen LogP contribution in [-0.2, 0) is 14.3 Å². The normalized spacial score (nSPS) is 29.7. The Morgan fingerprint density at radius 3 is 2.81 bits per heavy atom. The maximum absolute atomic E-state index is 14.6. The Morgan fingerprint density at radius 2 is 2.27 bits per heavy atom. The topological polar surface area (TPSA) is 143 Å². The summed E-state index contributed by atoms with van der Waals surface area (Å²) in [5.41, 5.74) is 8.51. The second-order valence-corrected chi connectivity index (χ2v) is 6.78. The average molecular weight is 393 g/mol. The van der Waals surface area contributed by atoms with Gasteiger partial charge in [0, 0.05) is 6.20 Å². The molecule has 5 N–H and O–H groups in total. The molecule has 2 rings (SSSR count). The average Bonchev–Trinajstić information content (AvgIpc) is 2.84. The van der Waals surface area contributed by atoms with Crippen LogP contribution in [0.5, 0.6) is 0 Å². The van der Waals surface area contributed by atoms with E-state index in [-0.39, 0.29) is 17.6 Å². The fourth-order valence-electron chi connectivity index (χ4n) is 2.48. The third-order valence-electron chi connectivity index (χ3n) is 4.27. The Labute approximate surface area is 154 Å². The molecular formula is C15H22ClFN4O5. The summed E-state index contributed by atoms with van der Waals surface area (Å²) in [5.74, 6) is -1.33. The molecular weight excluding hydrogens is 371 g/mol. The standard InChI is InChI=1S/C15H22ClFN4O5/c1-7(2)10(19)13(23)25-6-15(5-16)11(22)9(17)12(26-15)21-4-3-8(18)20-14(21)24/h3-4,7,9-12,22H,5-6,19H2,1-2H3,(H2,18,20,24). The van der Waals surface area contributed by atoms with Crippen molar-refractivity contribution in [2.24, 2.45) is 11.7 Å². The smallest absolute Gasteiger partial charge is 0.351 e. The zero-order chi connectivity index (χ0) is 19.6. The highest BCUT2D eigenvalue weighted by Crippen LogP contribution is 2.39. The molecule has 5 unspecified atom stereocenters. The van der Waals surface area contributed by atoms with Crippen LogP contribution in [0.3, 0.4) is 0 Å². The molecule has 0 aliphatic carbocycles. The molecule has 146 valence electrons. The number of ether oxygens (including phenoxy) is 2. The molecule has 0 saturated carbocycles. The zero-order valence-corrected chi connectivity index (χ0v) is 15.1. The van der Waals surface area contributed by atoms with Gasteiger partial charge in [0.25, 0.3) is 0 Å². The summed E-state index contributed by atoms with van der Waals surface area (Å²) in [4.78, 5) is 27.3. The van der Waals surface area contributed by atoms with Crippen LogP contribution in [0.1, 0.15) is 20.1 Å². The number of nitrogen functional groups attached to an aromatic ring is 1. The Balaban J connectivity index is 2.21. The molecule has 26 heavy (non-hydrogen) atoms. The van der Waals surface area contributed by atoms with Gasteiger partial charge in [0.15, 0.2) is 12.4 Å². The van der Waals surface area contributed by atoms with Crippen molar-refractivity contribution in [3.05, 3.63) is 22.7 Å². The first-order chi connectivity index (χ1) is 12.1. The van der Waals surface area contributed by atoms with Crippen molar-refractivity contribution in [3.63, 3.8) is 0 Å². The number of carbonyl (C=O) groups excluding carboxylic acids is 1. The first-order valence-corrected chi connectivity index (χ1v) is 8.49. The number of rotatable bonds is 6. The molecule has 9 nitrogen and oxygen atoms in total. The molecule has 0 spiro atoms. The monoisotopic (exact) mass is 392 g/mol. The number of aliphatic hydroxyl groups excluding tert-OH is 1. The molecule has 1 aliphatic heterocycles. The van der Waals surface area contributed by atoms with E-state index in [0.29, 0.717) is 0 Å². The van der Waals surface area contributed by atoms with E-state index in [1.807, 2.05) is 0 Å². The molecule has 1 aliphatic rings. The van der Waals surface area contributed by atoms with Crippen LogP contribution in [-0.4, -0.2) is 57.0 Å². The van der Waals surface area contributed by atoms with Gasteiger partial charge in [-0.2, -0.15) is 4.98 Å². The molecule has 5 atom stereocenters. The van der Waals surface area contributed by atoms with Crippen molar-refractivity contribution in [3.8, 4) is 0 Å². The highest BCUT2D eigenvalue weighted by atomic mass is 35.5. The number of aromatic nitrogens is 2. The summed E-state index contributed by atoms with van der Waals surface area (Å²) in [6.07, 6.45) is -4.05. The van der Waals surface area contributed by atoms with Crippen molar-refractivity contribution >= 4 is 23.4 Å². The minimum absolute atomic E-state index is 0.0413. The molecule has 0 aromatic carbocycles. The highest BCUT2D eigenvalue weighted by Gasteiger charge is 2.56. The molecule has 1 aromatic rings. The number of aliphatic hydroxyl groups is 1. The third-order valence-corrected chi connectivity index (χ3v) is 4.72. The van der Waals surface area contributed by atoms with Crippen LogP contribution in [0.4, 0.5) is 10.2 Å². The minimum Gasteiger partial charge on any atom is -0.461 e. The Kier molecular flexibility index (Phi) is 6.22. The van der Waals surface area contributed by atoms with Gasteiger partial charge in [0.2, 0.25) is 0 Å². The molecule has 2 heterocycles. The van der Waals surface area contributed by atoms with Gasteiger partial charge in [-0.3, -0.25) is 9.36 Å². The van der Waals surface area contributed by atoms with Gasteiger partial charge in [-0.1, -0.05) is 13.8 Å². The van der Waals surface area contributed by atoms with Gasteiger partial charge in [-0.25, -0.2) is 9.18 Å². The number of anilines is 1. The summed E-state index contributed by atoms with van der Waals surface area (Å²) >= 11 is 5.87. The SMILES string of the molecule is CC(C)C(N)C(=O)OCC1(CCl)OC(n2ccc(N)nc2=O)C(F)C1O. The van der Waals surface area contributed by atoms with Crippen LogP contribution in [0.15, 0.2) is 17.1 Å². The summed E-state index contributed by atoms with van der Waals surface area (Å²) in [6.45, 7) is 2.95. The van der Waals surface area contributed by atoms with Crippen molar-refractivity contribution in [2.45, 2.75) is 44.0 Å². The van der Waals surface area contributed by atoms with E-state index < -0.39 is 48.4 Å². The summed E-state index contributed by atoms with van der Waals surface area (Å²) in [7, 11) is 0. The van der Waals surface area contributed by atoms with Gasteiger partial charge in [0.05, 0.1) is 5.88 Å². The van der Waals surface area contributed by atoms with Gasteiger partial charge < -0.3 is 26.0 Å². The Bertz CT molecular complexity index is 718. The maximum Gasteiger partial charge on any atom is 0.351 e. The first-order valence-electron chi connectivity index (χ1n) is 7.95. The summed E-state index contributed by atoms with van der Waals surface area (Å²) < 4.78 is 26.1. The number of halogens is 2. The van der Waals surface area contributed by atoms with Crippen molar-refractivity contribution in [1.82, 2.24) is 9.55 Å². The van der Waals surface area contributed by atoms with E-state index >= 15 is 0 Å². The predicted octanol–water partition coefficient (Wildman–Crippen LogP) is -0.443. The van der Waals surface area contributed by atoms with Crippen LogP contribution in [0, 0.1) is 5.92 Å². The number of hydrogen-bond acceptors (Lipinski definition) is 8. The van der Waals surface area contributed by atoms with Crippen LogP contribution in [0.2, 0.25) is 0 Å². The molecule has 1 aromatic heterocycles. The molecule has 0 bridgehead atoms. The second-order valence-electron chi connectivity index (χ2n) is 6.52. The quantitative estimate of drug-likeness (QED) is 0.436. The maximum atomic E-state index is 14.6. The number of nitrogens with two attached hydrogens (primary N) is 2. The van der Waals surface area contributed by atoms with Gasteiger partial charge in [-0.05, 0) is 12.0 Å². The predicted molar refractivity (Wildman–Crippen MR) is 91.2 cm³/mol. The van der Waals surface area contributed by atoms with Gasteiger partial charge >= 0.3 is 11.7 Å². The van der Waals surface area contributed by atoms with Crippen molar-refractivity contribution in [2.75, 3.05) is 18.2 Å². The number of hydrogen-bond donors (Lipinski definition) is 3. The number of nitrogens with zero attached hydrogens (tertiary/aromatic N) is 2. The number of alkyl halides is 2. The lowest BCUT2D eigenvalue weighted by Crippen LogP contribution is -2.50. The molecule has 11 heteroatoms. The van der Waals surface area contributed by atoms with Crippen molar-refractivity contribution in [1.29, 1.82) is 0 Å². The minimum atomic E-state index is -2.01. The fourth-order valence-corrected chi connectivity index (χ4v) is 2.78. The van der Waals surface area contributed by atoms with E-state index in [0.717, 1.165) is 4.57 Å². The lowest BCUT2D eigenvalue weighted by molar-refractivity contribution is -0.164. The van der Waals surface area contributed by atoms with E-state index in [9.17, 15) is 19.1 Å². The zero-order valence-electron chi connectivity index (χ0n) is 14.3.